The highest BCUT2D eigenvalue weighted by Crippen LogP contribution is 2.35. The molecular formula is C25H33N3O3. The van der Waals surface area contributed by atoms with Gasteiger partial charge in [-0.25, -0.2) is 0 Å². The van der Waals surface area contributed by atoms with Gasteiger partial charge >= 0.3 is 0 Å². The Labute approximate surface area is 185 Å². The zero-order valence-electron chi connectivity index (χ0n) is 19.1. The molecule has 1 N–H and O–H groups in total. The van der Waals surface area contributed by atoms with Crippen LogP contribution in [-0.4, -0.2) is 55.9 Å². The molecule has 0 aliphatic carbocycles. The van der Waals surface area contributed by atoms with Crippen molar-refractivity contribution in [1.29, 1.82) is 0 Å². The summed E-state index contributed by atoms with van der Waals surface area (Å²) >= 11 is 0. The van der Waals surface area contributed by atoms with E-state index in [1.807, 2.05) is 26.2 Å². The predicted octanol–water partition coefficient (Wildman–Crippen LogP) is 2.94. The Bertz CT molecular complexity index is 924. The van der Waals surface area contributed by atoms with Crippen molar-refractivity contribution in [3.63, 3.8) is 0 Å². The Morgan fingerprint density at radius 1 is 1.13 bits per heavy atom. The lowest BCUT2D eigenvalue weighted by Gasteiger charge is -2.22. The van der Waals surface area contributed by atoms with Gasteiger partial charge < -0.3 is 15.0 Å². The summed E-state index contributed by atoms with van der Waals surface area (Å²) in [5.74, 6) is 1.04. The first kappa shape index (κ1) is 22.8. The number of likely N-dealkylation sites (tertiary alicyclic amines) is 1. The number of nitrogens with one attached hydrogen (secondary N) is 1. The Morgan fingerprint density at radius 3 is 2.45 bits per heavy atom. The molecule has 166 valence electrons. The second kappa shape index (κ2) is 9.96. The van der Waals surface area contributed by atoms with E-state index in [-0.39, 0.29) is 23.7 Å². The molecule has 31 heavy (non-hydrogen) atoms. The molecule has 2 aromatic rings. The summed E-state index contributed by atoms with van der Waals surface area (Å²) in [6.07, 6.45) is 0. The van der Waals surface area contributed by atoms with E-state index in [2.05, 4.69) is 47.5 Å². The summed E-state index contributed by atoms with van der Waals surface area (Å²) in [6.45, 7) is 6.36. The standard InChI is InChI=1S/C25H33N3O3/c1-17-6-9-21(24(12-17)31-5)14-28-15-22(23(16-28)25(30)27(3)4)20-10-7-19(8-11-20)13-26-18(2)29/h6-12,22-23H,13-16H2,1-5H3,(H,26,29)/t22-,23+/m1/s1. The number of aryl methyl sites for hydroxylation is 1. The van der Waals surface area contributed by atoms with Crippen LogP contribution in [-0.2, 0) is 22.7 Å². The maximum absolute atomic E-state index is 13.0. The molecule has 0 unspecified atom stereocenters. The molecule has 1 aliphatic heterocycles. The number of carbonyl (C=O) groups excluding carboxylic acids is 2. The van der Waals surface area contributed by atoms with Gasteiger partial charge in [-0.2, -0.15) is 0 Å². The molecule has 6 nitrogen and oxygen atoms in total. The minimum Gasteiger partial charge on any atom is -0.496 e. The van der Waals surface area contributed by atoms with Crippen molar-refractivity contribution in [3.05, 3.63) is 64.7 Å². The first-order valence-corrected chi connectivity index (χ1v) is 10.7. The zero-order valence-corrected chi connectivity index (χ0v) is 19.1. The minimum atomic E-state index is -0.0902. The number of hydrogen-bond acceptors (Lipinski definition) is 4. The fourth-order valence-electron chi connectivity index (χ4n) is 4.27. The summed E-state index contributed by atoms with van der Waals surface area (Å²) in [4.78, 5) is 28.2. The molecule has 2 atom stereocenters. The third-order valence-electron chi connectivity index (χ3n) is 5.94. The number of nitrogens with zero attached hydrogens (tertiary/aromatic N) is 2. The molecule has 0 radical (unpaired) electrons. The summed E-state index contributed by atoms with van der Waals surface area (Å²) in [7, 11) is 5.34. The molecule has 1 aliphatic rings. The van der Waals surface area contributed by atoms with E-state index in [0.717, 1.165) is 35.5 Å². The van der Waals surface area contributed by atoms with E-state index in [4.69, 9.17) is 4.74 Å². The number of benzene rings is 2. The van der Waals surface area contributed by atoms with Gasteiger partial charge in [-0.3, -0.25) is 14.5 Å². The van der Waals surface area contributed by atoms with E-state index in [1.165, 1.54) is 12.5 Å². The number of carbonyl (C=O) groups is 2. The molecular weight excluding hydrogens is 390 g/mol. The molecule has 6 heteroatoms. The Balaban J connectivity index is 1.79. The van der Waals surface area contributed by atoms with Crippen molar-refractivity contribution in [2.24, 2.45) is 5.92 Å². The normalized spacial score (nSPS) is 18.6. The van der Waals surface area contributed by atoms with Crippen molar-refractivity contribution in [2.75, 3.05) is 34.3 Å². The van der Waals surface area contributed by atoms with Crippen molar-refractivity contribution >= 4 is 11.8 Å². The van der Waals surface area contributed by atoms with E-state index < -0.39 is 0 Å². The number of methoxy groups -OCH3 is 1. The third kappa shape index (κ3) is 5.64. The zero-order chi connectivity index (χ0) is 22.5. The fraction of sp³-hybridized carbons (Fsp3) is 0.440. The molecule has 1 saturated heterocycles. The quantitative estimate of drug-likeness (QED) is 0.744. The highest BCUT2D eigenvalue weighted by molar-refractivity contribution is 5.80. The predicted molar refractivity (Wildman–Crippen MR) is 122 cm³/mol. The smallest absolute Gasteiger partial charge is 0.227 e. The monoisotopic (exact) mass is 423 g/mol. The molecule has 0 saturated carbocycles. The molecule has 1 fully saturated rings. The molecule has 1 heterocycles. The number of ether oxygens (including phenoxy) is 1. The van der Waals surface area contributed by atoms with Crippen molar-refractivity contribution in [3.8, 4) is 5.75 Å². The highest BCUT2D eigenvalue weighted by Gasteiger charge is 2.39. The molecule has 2 aromatic carbocycles. The molecule has 0 aromatic heterocycles. The van der Waals surface area contributed by atoms with Gasteiger partial charge in [0.15, 0.2) is 0 Å². The van der Waals surface area contributed by atoms with E-state index in [0.29, 0.717) is 13.1 Å². The van der Waals surface area contributed by atoms with E-state index in [1.54, 1.807) is 12.0 Å². The molecule has 0 bridgehead atoms. The van der Waals surface area contributed by atoms with Crippen LogP contribution in [0, 0.1) is 12.8 Å². The van der Waals surface area contributed by atoms with Gasteiger partial charge in [-0.05, 0) is 29.7 Å². The highest BCUT2D eigenvalue weighted by atomic mass is 16.5. The van der Waals surface area contributed by atoms with Crippen LogP contribution < -0.4 is 10.1 Å². The van der Waals surface area contributed by atoms with Crippen LogP contribution in [0.25, 0.3) is 0 Å². The lowest BCUT2D eigenvalue weighted by atomic mass is 9.87. The summed E-state index contributed by atoms with van der Waals surface area (Å²) < 4.78 is 5.58. The van der Waals surface area contributed by atoms with Gasteiger partial charge in [0.05, 0.1) is 13.0 Å². The largest absolute Gasteiger partial charge is 0.496 e. The number of rotatable bonds is 7. The second-order valence-corrected chi connectivity index (χ2v) is 8.61. The van der Waals surface area contributed by atoms with Crippen molar-refractivity contribution < 1.29 is 14.3 Å². The van der Waals surface area contributed by atoms with Crippen molar-refractivity contribution in [2.45, 2.75) is 32.9 Å². The lowest BCUT2D eigenvalue weighted by Crippen LogP contribution is -2.33. The van der Waals surface area contributed by atoms with Gasteiger partial charge in [0.1, 0.15) is 5.75 Å². The van der Waals surface area contributed by atoms with Crippen LogP contribution >= 0.6 is 0 Å². The van der Waals surface area contributed by atoms with Gasteiger partial charge in [-0.15, -0.1) is 0 Å². The average Bonchev–Trinajstić information content (AvgIpc) is 3.16. The Morgan fingerprint density at radius 2 is 1.84 bits per heavy atom. The Kier molecular flexibility index (Phi) is 7.33. The second-order valence-electron chi connectivity index (χ2n) is 8.61. The fourth-order valence-corrected chi connectivity index (χ4v) is 4.27. The first-order chi connectivity index (χ1) is 14.8. The third-order valence-corrected chi connectivity index (χ3v) is 5.94. The molecule has 3 rings (SSSR count). The Hall–Kier alpha value is -2.86. The lowest BCUT2D eigenvalue weighted by molar-refractivity contribution is -0.133. The minimum absolute atomic E-state index is 0.0429. The summed E-state index contributed by atoms with van der Waals surface area (Å²) in [6, 6.07) is 14.5. The number of amides is 2. The molecule has 2 amide bonds. The van der Waals surface area contributed by atoms with Crippen LogP contribution in [0.3, 0.4) is 0 Å². The molecule has 0 spiro atoms. The van der Waals surface area contributed by atoms with Gasteiger partial charge in [0.2, 0.25) is 11.8 Å². The van der Waals surface area contributed by atoms with Crippen LogP contribution in [0.4, 0.5) is 0 Å². The van der Waals surface area contributed by atoms with Crippen molar-refractivity contribution in [1.82, 2.24) is 15.1 Å². The average molecular weight is 424 g/mol. The van der Waals surface area contributed by atoms with Gasteiger partial charge in [-0.1, -0.05) is 36.4 Å². The summed E-state index contributed by atoms with van der Waals surface area (Å²) in [5, 5.41) is 2.82. The SMILES string of the molecule is COc1cc(C)ccc1CN1C[C@H](C(=O)N(C)C)[C@@H](c2ccc(CNC(C)=O)cc2)C1. The number of hydrogen-bond donors (Lipinski definition) is 1. The van der Waals surface area contributed by atoms with Crippen LogP contribution in [0.5, 0.6) is 5.75 Å². The first-order valence-electron chi connectivity index (χ1n) is 10.7. The maximum atomic E-state index is 13.0. The van der Waals surface area contributed by atoms with Gasteiger partial charge in [0.25, 0.3) is 0 Å². The van der Waals surface area contributed by atoms with E-state index in [9.17, 15) is 9.59 Å². The summed E-state index contributed by atoms with van der Waals surface area (Å²) in [5.41, 5.74) is 4.51. The van der Waals surface area contributed by atoms with Crippen LogP contribution in [0.15, 0.2) is 42.5 Å². The maximum Gasteiger partial charge on any atom is 0.227 e. The van der Waals surface area contributed by atoms with E-state index >= 15 is 0 Å². The topological polar surface area (TPSA) is 61.9 Å². The van der Waals surface area contributed by atoms with Crippen LogP contribution in [0.1, 0.15) is 35.1 Å². The van der Waals surface area contributed by atoms with Crippen LogP contribution in [0.2, 0.25) is 0 Å². The van der Waals surface area contributed by atoms with Gasteiger partial charge in [0, 0.05) is 58.7 Å².